The standard InChI is InChI=1S/C13H20N2O2/c1-3-9(4-2)8-15-12-6-5-10(13(16)17)7-11(12)14/h5-7,9,15H,3-4,8,14H2,1-2H3,(H,16,17). The van der Waals surface area contributed by atoms with Gasteiger partial charge in [0.1, 0.15) is 0 Å². The second-order valence-electron chi connectivity index (χ2n) is 4.17. The number of hydrogen-bond donors (Lipinski definition) is 3. The minimum absolute atomic E-state index is 0.218. The van der Waals surface area contributed by atoms with E-state index in [0.717, 1.165) is 25.1 Å². The Morgan fingerprint density at radius 3 is 2.53 bits per heavy atom. The lowest BCUT2D eigenvalue weighted by molar-refractivity contribution is 0.0697. The minimum Gasteiger partial charge on any atom is -0.478 e. The molecule has 0 bridgehead atoms. The van der Waals surface area contributed by atoms with Gasteiger partial charge in [0.2, 0.25) is 0 Å². The summed E-state index contributed by atoms with van der Waals surface area (Å²) in [5.74, 6) is -0.336. The van der Waals surface area contributed by atoms with Crippen LogP contribution in [0.5, 0.6) is 0 Å². The molecule has 0 radical (unpaired) electrons. The summed E-state index contributed by atoms with van der Waals surface area (Å²) in [6.45, 7) is 5.18. The van der Waals surface area contributed by atoms with Gasteiger partial charge in [-0.2, -0.15) is 0 Å². The van der Waals surface area contributed by atoms with Gasteiger partial charge in [-0.3, -0.25) is 0 Å². The Hall–Kier alpha value is -1.71. The van der Waals surface area contributed by atoms with Crippen LogP contribution in [0.3, 0.4) is 0 Å². The van der Waals surface area contributed by atoms with Crippen molar-refractivity contribution in [2.24, 2.45) is 5.92 Å². The number of nitrogens with one attached hydrogen (secondary N) is 1. The van der Waals surface area contributed by atoms with Crippen LogP contribution in [0.15, 0.2) is 18.2 Å². The monoisotopic (exact) mass is 236 g/mol. The maximum atomic E-state index is 10.7. The molecule has 0 unspecified atom stereocenters. The first-order chi connectivity index (χ1) is 8.08. The molecule has 0 heterocycles. The summed E-state index contributed by atoms with van der Waals surface area (Å²) in [6, 6.07) is 4.77. The van der Waals surface area contributed by atoms with Gasteiger partial charge in [0, 0.05) is 6.54 Å². The number of hydrogen-bond acceptors (Lipinski definition) is 3. The Kier molecular flexibility index (Phi) is 4.82. The quantitative estimate of drug-likeness (QED) is 0.664. The largest absolute Gasteiger partial charge is 0.478 e. The summed E-state index contributed by atoms with van der Waals surface area (Å²) < 4.78 is 0. The molecule has 4 heteroatoms. The van der Waals surface area contributed by atoms with E-state index < -0.39 is 5.97 Å². The highest BCUT2D eigenvalue weighted by molar-refractivity contribution is 5.90. The summed E-state index contributed by atoms with van der Waals surface area (Å²) in [7, 11) is 0. The van der Waals surface area contributed by atoms with Gasteiger partial charge in [0.15, 0.2) is 0 Å². The number of nitrogen functional groups attached to an aromatic ring is 1. The third-order valence-electron chi connectivity index (χ3n) is 3.03. The highest BCUT2D eigenvalue weighted by Gasteiger charge is 2.07. The van der Waals surface area contributed by atoms with E-state index in [1.807, 2.05) is 0 Å². The van der Waals surface area contributed by atoms with E-state index in [9.17, 15) is 4.79 Å². The van der Waals surface area contributed by atoms with Crippen molar-refractivity contribution in [2.75, 3.05) is 17.6 Å². The van der Waals surface area contributed by atoms with Gasteiger partial charge in [0.25, 0.3) is 0 Å². The van der Waals surface area contributed by atoms with Crippen LogP contribution in [-0.2, 0) is 0 Å². The number of carboxylic acid groups (broad SMARTS) is 1. The molecule has 0 saturated carbocycles. The van der Waals surface area contributed by atoms with E-state index in [2.05, 4.69) is 19.2 Å². The Labute approximate surface area is 102 Å². The Morgan fingerprint density at radius 2 is 2.06 bits per heavy atom. The molecule has 0 aromatic heterocycles. The van der Waals surface area contributed by atoms with Crippen LogP contribution in [0.4, 0.5) is 11.4 Å². The topological polar surface area (TPSA) is 75.3 Å². The first-order valence-corrected chi connectivity index (χ1v) is 5.95. The fourth-order valence-corrected chi connectivity index (χ4v) is 1.69. The molecule has 1 aromatic rings. The molecule has 4 N–H and O–H groups in total. The fraction of sp³-hybridized carbons (Fsp3) is 0.462. The highest BCUT2D eigenvalue weighted by Crippen LogP contribution is 2.21. The lowest BCUT2D eigenvalue weighted by atomic mass is 10.0. The van der Waals surface area contributed by atoms with E-state index in [0.29, 0.717) is 11.6 Å². The van der Waals surface area contributed by atoms with E-state index in [1.54, 1.807) is 12.1 Å². The molecule has 0 amide bonds. The van der Waals surface area contributed by atoms with Crippen LogP contribution < -0.4 is 11.1 Å². The molecule has 17 heavy (non-hydrogen) atoms. The second-order valence-corrected chi connectivity index (χ2v) is 4.17. The van der Waals surface area contributed by atoms with E-state index >= 15 is 0 Å². The van der Waals surface area contributed by atoms with Crippen molar-refractivity contribution in [2.45, 2.75) is 26.7 Å². The van der Waals surface area contributed by atoms with Crippen molar-refractivity contribution in [3.05, 3.63) is 23.8 Å². The SMILES string of the molecule is CCC(CC)CNc1ccc(C(=O)O)cc1N. The van der Waals surface area contributed by atoms with E-state index in [4.69, 9.17) is 10.8 Å². The molecule has 0 saturated heterocycles. The molecule has 0 aliphatic carbocycles. The van der Waals surface area contributed by atoms with Crippen molar-refractivity contribution in [3.63, 3.8) is 0 Å². The molecule has 4 nitrogen and oxygen atoms in total. The molecule has 1 rings (SSSR count). The van der Waals surface area contributed by atoms with Gasteiger partial charge >= 0.3 is 5.97 Å². The molecule has 0 aliphatic rings. The lowest BCUT2D eigenvalue weighted by Crippen LogP contribution is -2.14. The summed E-state index contributed by atoms with van der Waals surface area (Å²) in [4.78, 5) is 10.7. The Morgan fingerprint density at radius 1 is 1.41 bits per heavy atom. The van der Waals surface area contributed by atoms with E-state index in [1.165, 1.54) is 6.07 Å². The summed E-state index contributed by atoms with van der Waals surface area (Å²) in [5.41, 5.74) is 7.31. The summed E-state index contributed by atoms with van der Waals surface area (Å²) in [5, 5.41) is 12.1. The smallest absolute Gasteiger partial charge is 0.335 e. The van der Waals surface area contributed by atoms with Crippen molar-refractivity contribution < 1.29 is 9.90 Å². The van der Waals surface area contributed by atoms with Crippen molar-refractivity contribution >= 4 is 17.3 Å². The molecular weight excluding hydrogens is 216 g/mol. The number of carboxylic acids is 1. The van der Waals surface area contributed by atoms with Crippen molar-refractivity contribution in [3.8, 4) is 0 Å². The Balaban J connectivity index is 2.69. The van der Waals surface area contributed by atoms with Crippen molar-refractivity contribution in [1.82, 2.24) is 0 Å². The molecule has 0 atom stereocenters. The molecule has 0 fully saturated rings. The van der Waals surface area contributed by atoms with E-state index in [-0.39, 0.29) is 5.56 Å². The molecule has 0 aliphatic heterocycles. The predicted octanol–water partition coefficient (Wildman–Crippen LogP) is 2.82. The average molecular weight is 236 g/mol. The third kappa shape index (κ3) is 3.66. The predicted molar refractivity (Wildman–Crippen MR) is 70.4 cm³/mol. The zero-order valence-electron chi connectivity index (χ0n) is 10.4. The summed E-state index contributed by atoms with van der Waals surface area (Å²) >= 11 is 0. The second kappa shape index (κ2) is 6.13. The van der Waals surface area contributed by atoms with Crippen molar-refractivity contribution in [1.29, 1.82) is 0 Å². The summed E-state index contributed by atoms with van der Waals surface area (Å²) in [6.07, 6.45) is 2.24. The maximum Gasteiger partial charge on any atom is 0.335 e. The lowest BCUT2D eigenvalue weighted by Gasteiger charge is -2.15. The van der Waals surface area contributed by atoms with Gasteiger partial charge in [-0.25, -0.2) is 4.79 Å². The minimum atomic E-state index is -0.955. The molecular formula is C13H20N2O2. The number of rotatable bonds is 6. The molecule has 1 aromatic carbocycles. The number of aromatic carboxylic acids is 1. The first kappa shape index (κ1) is 13.4. The first-order valence-electron chi connectivity index (χ1n) is 5.95. The van der Waals surface area contributed by atoms with Gasteiger partial charge in [-0.15, -0.1) is 0 Å². The van der Waals surface area contributed by atoms with Crippen LogP contribution >= 0.6 is 0 Å². The van der Waals surface area contributed by atoms with Gasteiger partial charge in [-0.1, -0.05) is 26.7 Å². The van der Waals surface area contributed by atoms with Crippen LogP contribution in [0, 0.1) is 5.92 Å². The average Bonchev–Trinajstić information content (AvgIpc) is 2.31. The number of nitrogens with two attached hydrogens (primary N) is 1. The van der Waals surface area contributed by atoms with Crippen LogP contribution in [-0.4, -0.2) is 17.6 Å². The number of carbonyl (C=O) groups is 1. The zero-order valence-corrected chi connectivity index (χ0v) is 10.4. The molecule has 94 valence electrons. The number of anilines is 2. The maximum absolute atomic E-state index is 10.7. The number of benzene rings is 1. The third-order valence-corrected chi connectivity index (χ3v) is 3.03. The van der Waals surface area contributed by atoms with Gasteiger partial charge in [-0.05, 0) is 24.1 Å². The highest BCUT2D eigenvalue weighted by atomic mass is 16.4. The van der Waals surface area contributed by atoms with Gasteiger partial charge < -0.3 is 16.2 Å². The normalized spacial score (nSPS) is 10.5. The van der Waals surface area contributed by atoms with Crippen LogP contribution in [0.2, 0.25) is 0 Å². The molecule has 0 spiro atoms. The van der Waals surface area contributed by atoms with Crippen LogP contribution in [0.1, 0.15) is 37.0 Å². The Bertz CT molecular complexity index is 387. The zero-order chi connectivity index (χ0) is 12.8. The fourth-order valence-electron chi connectivity index (χ4n) is 1.69. The van der Waals surface area contributed by atoms with Gasteiger partial charge in [0.05, 0.1) is 16.9 Å². The van der Waals surface area contributed by atoms with Crippen LogP contribution in [0.25, 0.3) is 0 Å².